The highest BCUT2D eigenvalue weighted by molar-refractivity contribution is 6.48. The standard InChI is InChI=1S/C17H33BN2O3/c1-18(23)10-5-7-15-8-6-11-19-17(15,16(21)22)9-14-20-12-3-2-4-13-20/h15,19,23H,2-14H2,1H3,(H,21,22). The Labute approximate surface area is 140 Å². The van der Waals surface area contributed by atoms with Crippen molar-refractivity contribution in [3.8, 4) is 0 Å². The van der Waals surface area contributed by atoms with Crippen LogP contribution in [-0.2, 0) is 4.79 Å². The van der Waals surface area contributed by atoms with E-state index < -0.39 is 11.5 Å². The monoisotopic (exact) mass is 324 g/mol. The molecule has 3 N–H and O–H groups in total. The van der Waals surface area contributed by atoms with Gasteiger partial charge in [0.2, 0.25) is 0 Å². The van der Waals surface area contributed by atoms with Crippen molar-refractivity contribution >= 4 is 12.9 Å². The zero-order valence-electron chi connectivity index (χ0n) is 14.6. The molecule has 2 fully saturated rings. The van der Waals surface area contributed by atoms with Crippen molar-refractivity contribution in [1.29, 1.82) is 0 Å². The molecule has 5 nitrogen and oxygen atoms in total. The molecule has 0 bridgehead atoms. The van der Waals surface area contributed by atoms with Crippen molar-refractivity contribution in [2.45, 2.75) is 70.0 Å². The van der Waals surface area contributed by atoms with Crippen molar-refractivity contribution in [3.05, 3.63) is 0 Å². The van der Waals surface area contributed by atoms with Crippen LogP contribution in [0.15, 0.2) is 0 Å². The first-order chi connectivity index (χ1) is 11.0. The van der Waals surface area contributed by atoms with Gasteiger partial charge >= 0.3 is 5.97 Å². The lowest BCUT2D eigenvalue weighted by molar-refractivity contribution is -0.149. The Bertz CT molecular complexity index is 375. The summed E-state index contributed by atoms with van der Waals surface area (Å²) in [5.41, 5.74) is -0.769. The second-order valence-corrected chi connectivity index (χ2v) is 7.47. The van der Waals surface area contributed by atoms with Crippen molar-refractivity contribution in [2.75, 3.05) is 26.2 Å². The highest BCUT2D eigenvalue weighted by Crippen LogP contribution is 2.34. The van der Waals surface area contributed by atoms with Crippen molar-refractivity contribution in [3.63, 3.8) is 0 Å². The number of carboxylic acids is 1. The molecule has 0 aromatic rings. The molecule has 0 amide bonds. The molecule has 0 radical (unpaired) electrons. The minimum Gasteiger partial charge on any atom is -0.480 e. The molecule has 0 aromatic carbocycles. The van der Waals surface area contributed by atoms with Gasteiger partial charge in [0.25, 0.3) is 6.92 Å². The summed E-state index contributed by atoms with van der Waals surface area (Å²) in [5.74, 6) is -0.506. The third kappa shape index (κ3) is 5.20. The normalized spacial score (nSPS) is 29.4. The van der Waals surface area contributed by atoms with Crippen LogP contribution in [0.1, 0.15) is 51.4 Å². The molecule has 2 heterocycles. The Hall–Kier alpha value is -0.585. The van der Waals surface area contributed by atoms with Crippen molar-refractivity contribution in [2.24, 2.45) is 5.92 Å². The fourth-order valence-electron chi connectivity index (χ4n) is 4.27. The molecule has 2 aliphatic heterocycles. The van der Waals surface area contributed by atoms with E-state index in [0.717, 1.165) is 58.2 Å². The number of hydrogen-bond donors (Lipinski definition) is 3. The SMILES string of the molecule is CB(O)CCCC1CCCNC1(CCN1CCCCC1)C(=O)O. The molecule has 0 saturated carbocycles. The first kappa shape index (κ1) is 18.7. The molecule has 2 unspecified atom stereocenters. The Morgan fingerprint density at radius 1 is 1.30 bits per heavy atom. The van der Waals surface area contributed by atoms with Crippen molar-refractivity contribution < 1.29 is 14.9 Å². The van der Waals surface area contributed by atoms with Crippen LogP contribution in [0.5, 0.6) is 0 Å². The van der Waals surface area contributed by atoms with Gasteiger partial charge in [0.05, 0.1) is 0 Å². The van der Waals surface area contributed by atoms with E-state index in [1.54, 1.807) is 6.82 Å². The zero-order valence-corrected chi connectivity index (χ0v) is 14.6. The summed E-state index contributed by atoms with van der Waals surface area (Å²) in [7, 11) is 0. The number of hydrogen-bond acceptors (Lipinski definition) is 4. The lowest BCUT2D eigenvalue weighted by Crippen LogP contribution is -2.61. The van der Waals surface area contributed by atoms with Gasteiger partial charge in [-0.1, -0.05) is 19.7 Å². The second-order valence-electron chi connectivity index (χ2n) is 7.47. The lowest BCUT2D eigenvalue weighted by Gasteiger charge is -2.43. The summed E-state index contributed by atoms with van der Waals surface area (Å²) in [5, 5.41) is 22.8. The highest BCUT2D eigenvalue weighted by Gasteiger charge is 2.46. The first-order valence-electron chi connectivity index (χ1n) is 9.43. The average molecular weight is 324 g/mol. The number of nitrogens with one attached hydrogen (secondary N) is 1. The molecule has 23 heavy (non-hydrogen) atoms. The van der Waals surface area contributed by atoms with Crippen LogP contribution >= 0.6 is 0 Å². The van der Waals surface area contributed by atoms with E-state index in [1.807, 2.05) is 0 Å². The number of rotatable bonds is 8. The topological polar surface area (TPSA) is 72.8 Å². The molecule has 2 saturated heterocycles. The van der Waals surface area contributed by atoms with E-state index in [9.17, 15) is 14.9 Å². The Morgan fingerprint density at radius 3 is 2.70 bits per heavy atom. The maximum atomic E-state index is 12.1. The predicted octanol–water partition coefficient (Wildman–Crippen LogP) is 2.08. The van der Waals surface area contributed by atoms with Crippen LogP contribution in [0.25, 0.3) is 0 Å². The van der Waals surface area contributed by atoms with Crippen LogP contribution in [-0.4, -0.2) is 59.6 Å². The van der Waals surface area contributed by atoms with Crippen LogP contribution in [0.2, 0.25) is 13.1 Å². The van der Waals surface area contributed by atoms with Crippen LogP contribution < -0.4 is 5.32 Å². The Kier molecular flexibility index (Phi) is 7.37. The number of piperidine rings is 2. The van der Waals surface area contributed by atoms with Crippen LogP contribution in [0.4, 0.5) is 0 Å². The number of carboxylic acid groups (broad SMARTS) is 1. The minimum absolute atomic E-state index is 0.178. The molecule has 2 rings (SSSR count). The van der Waals surface area contributed by atoms with Gasteiger partial charge in [0, 0.05) is 6.54 Å². The molecule has 0 aromatic heterocycles. The van der Waals surface area contributed by atoms with E-state index in [-0.39, 0.29) is 12.8 Å². The third-order valence-electron chi connectivity index (χ3n) is 5.69. The molecule has 6 heteroatoms. The largest absolute Gasteiger partial charge is 0.480 e. The van der Waals surface area contributed by atoms with E-state index >= 15 is 0 Å². The van der Waals surface area contributed by atoms with Gasteiger partial charge in [0.15, 0.2) is 0 Å². The van der Waals surface area contributed by atoms with Gasteiger partial charge in [0.1, 0.15) is 5.54 Å². The number of carbonyl (C=O) groups is 1. The van der Waals surface area contributed by atoms with Gasteiger partial charge < -0.3 is 20.3 Å². The van der Waals surface area contributed by atoms with Gasteiger partial charge in [-0.05, 0) is 70.4 Å². The maximum absolute atomic E-state index is 12.1. The second kappa shape index (κ2) is 9.04. The molecule has 132 valence electrons. The molecular formula is C17H33BN2O3. The summed E-state index contributed by atoms with van der Waals surface area (Å²) in [4.78, 5) is 14.6. The van der Waals surface area contributed by atoms with Crippen LogP contribution in [0.3, 0.4) is 0 Å². The lowest BCUT2D eigenvalue weighted by atomic mass is 9.65. The summed E-state index contributed by atoms with van der Waals surface area (Å²) in [6.07, 6.45) is 9.08. The fraction of sp³-hybridized carbons (Fsp3) is 0.941. The Morgan fingerprint density at radius 2 is 2.04 bits per heavy atom. The smallest absolute Gasteiger partial charge is 0.324 e. The zero-order chi connectivity index (χ0) is 16.7. The van der Waals surface area contributed by atoms with Crippen LogP contribution in [0, 0.1) is 5.92 Å². The van der Waals surface area contributed by atoms with E-state index in [1.165, 1.54) is 19.3 Å². The molecule has 0 aliphatic carbocycles. The molecule has 2 aliphatic rings. The van der Waals surface area contributed by atoms with Crippen molar-refractivity contribution in [1.82, 2.24) is 10.2 Å². The van der Waals surface area contributed by atoms with Gasteiger partial charge in [-0.25, -0.2) is 0 Å². The quantitative estimate of drug-likeness (QED) is 0.596. The maximum Gasteiger partial charge on any atom is 0.324 e. The average Bonchev–Trinajstić information content (AvgIpc) is 2.54. The minimum atomic E-state index is -0.769. The number of likely N-dealkylation sites (tertiary alicyclic amines) is 1. The van der Waals surface area contributed by atoms with Gasteiger partial charge in [-0.2, -0.15) is 0 Å². The van der Waals surface area contributed by atoms with Gasteiger partial charge in [-0.3, -0.25) is 4.79 Å². The predicted molar refractivity (Wildman–Crippen MR) is 93.9 cm³/mol. The first-order valence-corrected chi connectivity index (χ1v) is 9.43. The summed E-state index contributed by atoms with van der Waals surface area (Å²) in [6, 6.07) is 0. The van der Waals surface area contributed by atoms with Gasteiger partial charge in [-0.15, -0.1) is 0 Å². The third-order valence-corrected chi connectivity index (χ3v) is 5.69. The fourth-order valence-corrected chi connectivity index (χ4v) is 4.27. The summed E-state index contributed by atoms with van der Waals surface area (Å²) < 4.78 is 0. The highest BCUT2D eigenvalue weighted by atomic mass is 16.4. The summed E-state index contributed by atoms with van der Waals surface area (Å²) >= 11 is 0. The molecular weight excluding hydrogens is 291 g/mol. The van der Waals surface area contributed by atoms with E-state index in [2.05, 4.69) is 10.2 Å². The molecule has 2 atom stereocenters. The molecule has 0 spiro atoms. The number of aliphatic carboxylic acids is 1. The Balaban J connectivity index is 1.96. The van der Waals surface area contributed by atoms with E-state index in [4.69, 9.17) is 0 Å². The number of nitrogens with zero attached hydrogens (tertiary/aromatic N) is 1. The summed E-state index contributed by atoms with van der Waals surface area (Å²) in [6.45, 7) is 5.43. The van der Waals surface area contributed by atoms with E-state index in [0.29, 0.717) is 6.42 Å².